The van der Waals surface area contributed by atoms with Gasteiger partial charge in [-0.3, -0.25) is 0 Å². The second-order valence-corrected chi connectivity index (χ2v) is 8.57. The van der Waals surface area contributed by atoms with Crippen LogP contribution < -0.4 is 9.86 Å². The van der Waals surface area contributed by atoms with Crippen LogP contribution in [0.1, 0.15) is 19.8 Å². The highest BCUT2D eigenvalue weighted by molar-refractivity contribution is 7.90. The maximum Gasteiger partial charge on any atom is 0.240 e. The van der Waals surface area contributed by atoms with E-state index in [1.165, 1.54) is 18.2 Å². The van der Waals surface area contributed by atoms with E-state index >= 15 is 0 Å². The first-order valence-corrected chi connectivity index (χ1v) is 9.42. The summed E-state index contributed by atoms with van der Waals surface area (Å²) in [5.41, 5.74) is -0.523. The van der Waals surface area contributed by atoms with Crippen molar-refractivity contribution in [2.24, 2.45) is 5.14 Å². The van der Waals surface area contributed by atoms with E-state index in [9.17, 15) is 16.8 Å². The summed E-state index contributed by atoms with van der Waals surface area (Å²) >= 11 is 0. The van der Waals surface area contributed by atoms with Crippen molar-refractivity contribution in [3.05, 3.63) is 24.3 Å². The van der Waals surface area contributed by atoms with Gasteiger partial charge in [0.1, 0.15) is 0 Å². The van der Waals surface area contributed by atoms with Crippen molar-refractivity contribution in [2.45, 2.75) is 35.2 Å². The van der Waals surface area contributed by atoms with Crippen LogP contribution in [-0.2, 0) is 24.8 Å². The first-order valence-electron chi connectivity index (χ1n) is 6.39. The highest BCUT2D eigenvalue weighted by Crippen LogP contribution is 2.24. The van der Waals surface area contributed by atoms with Gasteiger partial charge in [0, 0.05) is 13.2 Å². The molecular weight excluding hydrogens is 316 g/mol. The minimum Gasteiger partial charge on any atom is -0.374 e. The molecule has 0 spiro atoms. The summed E-state index contributed by atoms with van der Waals surface area (Å²) < 4.78 is 54.9. The normalized spacial score (nSPS) is 23.3. The van der Waals surface area contributed by atoms with Crippen molar-refractivity contribution < 1.29 is 21.6 Å². The first-order chi connectivity index (χ1) is 9.62. The third-order valence-corrected chi connectivity index (χ3v) is 5.69. The van der Waals surface area contributed by atoms with E-state index in [4.69, 9.17) is 9.88 Å². The van der Waals surface area contributed by atoms with Crippen molar-refractivity contribution >= 4 is 20.0 Å². The molecule has 21 heavy (non-hydrogen) atoms. The molecule has 0 aliphatic carbocycles. The second-order valence-electron chi connectivity index (χ2n) is 5.25. The monoisotopic (exact) mass is 334 g/mol. The lowest BCUT2D eigenvalue weighted by atomic mass is 10.0. The van der Waals surface area contributed by atoms with Gasteiger partial charge in [0.05, 0.1) is 15.4 Å². The number of hydrogen-bond donors (Lipinski definition) is 2. The average molecular weight is 334 g/mol. The Morgan fingerprint density at radius 3 is 2.52 bits per heavy atom. The Labute approximate surface area is 124 Å². The molecule has 1 aliphatic heterocycles. The minimum atomic E-state index is -3.95. The highest BCUT2D eigenvalue weighted by Gasteiger charge is 2.31. The van der Waals surface area contributed by atoms with E-state index in [0.717, 1.165) is 18.9 Å². The molecular formula is C12H18N2O5S2. The van der Waals surface area contributed by atoms with E-state index < -0.39 is 25.6 Å². The maximum atomic E-state index is 12.2. The highest BCUT2D eigenvalue weighted by atomic mass is 32.2. The Morgan fingerprint density at radius 1 is 1.29 bits per heavy atom. The largest absolute Gasteiger partial charge is 0.374 e. The van der Waals surface area contributed by atoms with Gasteiger partial charge in [-0.1, -0.05) is 6.07 Å². The lowest BCUT2D eigenvalue weighted by Gasteiger charge is -2.23. The van der Waals surface area contributed by atoms with Gasteiger partial charge in [-0.15, -0.1) is 0 Å². The van der Waals surface area contributed by atoms with Gasteiger partial charge in [0.25, 0.3) is 0 Å². The molecule has 1 fully saturated rings. The van der Waals surface area contributed by atoms with Gasteiger partial charge in [0.2, 0.25) is 20.0 Å². The minimum absolute atomic E-state index is 0.134. The topological polar surface area (TPSA) is 116 Å². The smallest absolute Gasteiger partial charge is 0.240 e. The van der Waals surface area contributed by atoms with E-state index in [0.29, 0.717) is 6.61 Å². The molecule has 118 valence electrons. The van der Waals surface area contributed by atoms with E-state index in [2.05, 4.69) is 4.72 Å². The number of sulfonamides is 2. The Balaban J connectivity index is 2.20. The van der Waals surface area contributed by atoms with Gasteiger partial charge in [-0.05, 0) is 38.0 Å². The van der Waals surface area contributed by atoms with E-state index in [1.807, 2.05) is 6.92 Å². The Bertz CT molecular complexity index is 722. The van der Waals surface area contributed by atoms with Crippen LogP contribution in [0.3, 0.4) is 0 Å². The molecule has 0 saturated carbocycles. The van der Waals surface area contributed by atoms with E-state index in [-0.39, 0.29) is 16.3 Å². The third-order valence-electron chi connectivity index (χ3n) is 3.38. The summed E-state index contributed by atoms with van der Waals surface area (Å²) in [6, 6.07) is 4.93. The Morgan fingerprint density at radius 2 is 1.95 bits per heavy atom. The first kappa shape index (κ1) is 16.4. The summed E-state index contributed by atoms with van der Waals surface area (Å²) in [5, 5.41) is 5.00. The molecule has 1 atom stereocenters. The molecule has 3 N–H and O–H groups in total. The zero-order valence-corrected chi connectivity index (χ0v) is 13.2. The second kappa shape index (κ2) is 5.65. The molecule has 1 aromatic carbocycles. The third kappa shape index (κ3) is 4.01. The van der Waals surface area contributed by atoms with Gasteiger partial charge < -0.3 is 4.74 Å². The zero-order chi connectivity index (χ0) is 15.7. The molecule has 1 aromatic rings. The molecule has 0 amide bonds. The van der Waals surface area contributed by atoms with Crippen LogP contribution in [-0.4, -0.2) is 35.6 Å². The predicted octanol–water partition coefficient (Wildman–Crippen LogP) is 0.181. The van der Waals surface area contributed by atoms with Crippen molar-refractivity contribution in [1.82, 2.24) is 4.72 Å². The molecule has 1 aliphatic rings. The van der Waals surface area contributed by atoms with Crippen LogP contribution in [0.2, 0.25) is 0 Å². The standard InChI is InChI=1S/C12H18N2O5S2/c1-12(6-3-7-19-12)9-14-21(17,18)11-5-2-4-10(8-11)20(13,15)16/h2,4-5,8,14H,3,6-7,9H2,1H3,(H2,13,15,16). The van der Waals surface area contributed by atoms with Crippen molar-refractivity contribution in [1.29, 1.82) is 0 Å². The fraction of sp³-hybridized carbons (Fsp3) is 0.500. The van der Waals surface area contributed by atoms with Gasteiger partial charge in [-0.25, -0.2) is 26.7 Å². The maximum absolute atomic E-state index is 12.2. The summed E-state index contributed by atoms with van der Waals surface area (Å²) in [6.07, 6.45) is 1.66. The van der Waals surface area contributed by atoms with Crippen molar-refractivity contribution in [3.8, 4) is 0 Å². The number of hydrogen-bond acceptors (Lipinski definition) is 5. The summed E-state index contributed by atoms with van der Waals surface area (Å²) in [6.45, 7) is 2.58. The summed E-state index contributed by atoms with van der Waals surface area (Å²) in [7, 11) is -7.76. The van der Waals surface area contributed by atoms with Crippen LogP contribution in [0.5, 0.6) is 0 Å². The van der Waals surface area contributed by atoms with Crippen LogP contribution in [0.15, 0.2) is 34.1 Å². The molecule has 1 heterocycles. The molecule has 0 bridgehead atoms. The lowest BCUT2D eigenvalue weighted by Crippen LogP contribution is -2.40. The van der Waals surface area contributed by atoms with Crippen LogP contribution in [0, 0.1) is 0 Å². The van der Waals surface area contributed by atoms with Gasteiger partial charge in [-0.2, -0.15) is 0 Å². The molecule has 9 heteroatoms. The summed E-state index contributed by atoms with van der Waals surface area (Å²) in [5.74, 6) is 0. The molecule has 1 unspecified atom stereocenters. The fourth-order valence-corrected chi connectivity index (χ4v) is 3.96. The molecule has 0 radical (unpaired) electrons. The van der Waals surface area contributed by atoms with Crippen molar-refractivity contribution in [3.63, 3.8) is 0 Å². The average Bonchev–Trinajstić information content (AvgIpc) is 2.84. The number of rotatable bonds is 5. The van der Waals surface area contributed by atoms with Gasteiger partial charge >= 0.3 is 0 Å². The summed E-state index contributed by atoms with van der Waals surface area (Å²) in [4.78, 5) is -0.385. The number of benzene rings is 1. The number of ether oxygens (including phenoxy) is 1. The van der Waals surface area contributed by atoms with Crippen LogP contribution in [0.4, 0.5) is 0 Å². The van der Waals surface area contributed by atoms with E-state index in [1.54, 1.807) is 0 Å². The lowest BCUT2D eigenvalue weighted by molar-refractivity contribution is 0.0250. The van der Waals surface area contributed by atoms with Gasteiger partial charge in [0.15, 0.2) is 0 Å². The predicted molar refractivity (Wildman–Crippen MR) is 76.6 cm³/mol. The van der Waals surface area contributed by atoms with Crippen LogP contribution >= 0.6 is 0 Å². The number of nitrogens with one attached hydrogen (secondary N) is 1. The molecule has 0 aromatic heterocycles. The fourth-order valence-electron chi connectivity index (χ4n) is 2.13. The Kier molecular flexibility index (Phi) is 4.41. The SMILES string of the molecule is CC1(CNS(=O)(=O)c2cccc(S(N)(=O)=O)c2)CCCO1. The quantitative estimate of drug-likeness (QED) is 0.797. The number of nitrogens with two attached hydrogens (primary N) is 1. The van der Waals surface area contributed by atoms with Crippen molar-refractivity contribution in [2.75, 3.05) is 13.2 Å². The zero-order valence-electron chi connectivity index (χ0n) is 11.6. The molecule has 1 saturated heterocycles. The molecule has 2 rings (SSSR count). The Hall–Kier alpha value is -1.00. The molecule has 7 nitrogen and oxygen atoms in total. The number of primary sulfonamides is 1. The van der Waals surface area contributed by atoms with Crippen LogP contribution in [0.25, 0.3) is 0 Å².